The van der Waals surface area contributed by atoms with Crippen molar-refractivity contribution in [2.75, 3.05) is 6.54 Å². The molecular weight excluding hydrogens is 178 g/mol. The van der Waals surface area contributed by atoms with E-state index in [-0.39, 0.29) is 12.0 Å². The van der Waals surface area contributed by atoms with Crippen LogP contribution in [0.4, 0.5) is 0 Å². The second kappa shape index (κ2) is 6.02. The smallest absolute Gasteiger partial charge is 0.307 e. The zero-order valence-corrected chi connectivity index (χ0v) is 9.95. The second-order valence-corrected chi connectivity index (χ2v) is 3.96. The van der Waals surface area contributed by atoms with E-state index >= 15 is 0 Å². The number of carbonyl (C=O) groups is 1. The molecule has 0 spiro atoms. The Balaban J connectivity index is 4.44. The molecule has 14 heavy (non-hydrogen) atoms. The molecule has 0 aliphatic rings. The van der Waals surface area contributed by atoms with E-state index < -0.39 is 5.97 Å². The van der Waals surface area contributed by atoms with Gasteiger partial charge in [0, 0.05) is 12.1 Å². The summed E-state index contributed by atoms with van der Waals surface area (Å²) in [6.45, 7) is 11.0. The Kier molecular flexibility index (Phi) is 5.77. The van der Waals surface area contributed by atoms with Gasteiger partial charge in [0.1, 0.15) is 0 Å². The number of nitrogens with zero attached hydrogens (tertiary/aromatic N) is 1. The molecule has 0 heterocycles. The van der Waals surface area contributed by atoms with Gasteiger partial charge in [-0.1, -0.05) is 20.8 Å². The highest BCUT2D eigenvalue weighted by molar-refractivity contribution is 5.70. The van der Waals surface area contributed by atoms with Gasteiger partial charge < -0.3 is 5.11 Å². The minimum atomic E-state index is -0.709. The topological polar surface area (TPSA) is 40.5 Å². The van der Waals surface area contributed by atoms with Crippen molar-refractivity contribution >= 4 is 5.97 Å². The molecule has 3 atom stereocenters. The summed E-state index contributed by atoms with van der Waals surface area (Å²) in [4.78, 5) is 13.1. The number of carboxylic acid groups (broad SMARTS) is 1. The molecule has 3 unspecified atom stereocenters. The van der Waals surface area contributed by atoms with Crippen LogP contribution in [-0.2, 0) is 4.79 Å². The standard InChI is InChI=1S/C11H23NO2/c1-6-8(3)12(7-2)10(5)9(4)11(13)14/h8-10H,6-7H2,1-5H3,(H,13,14). The second-order valence-electron chi connectivity index (χ2n) is 3.96. The Morgan fingerprint density at radius 2 is 1.79 bits per heavy atom. The monoisotopic (exact) mass is 201 g/mol. The van der Waals surface area contributed by atoms with Crippen LogP contribution in [-0.4, -0.2) is 34.6 Å². The first-order valence-corrected chi connectivity index (χ1v) is 5.44. The molecule has 0 bridgehead atoms. The summed E-state index contributed by atoms with van der Waals surface area (Å²) in [6.07, 6.45) is 1.06. The number of aliphatic carboxylic acids is 1. The molecule has 0 aliphatic carbocycles. The Bertz CT molecular complexity index is 182. The lowest BCUT2D eigenvalue weighted by Crippen LogP contribution is -2.45. The van der Waals surface area contributed by atoms with Crippen LogP contribution in [0.15, 0.2) is 0 Å². The minimum Gasteiger partial charge on any atom is -0.481 e. The first kappa shape index (κ1) is 13.4. The first-order valence-electron chi connectivity index (χ1n) is 5.44. The summed E-state index contributed by atoms with van der Waals surface area (Å²) in [5, 5.41) is 8.92. The van der Waals surface area contributed by atoms with Gasteiger partial charge in [0.25, 0.3) is 0 Å². The Hall–Kier alpha value is -0.570. The van der Waals surface area contributed by atoms with Crippen molar-refractivity contribution < 1.29 is 9.90 Å². The normalized spacial score (nSPS) is 17.9. The SMILES string of the molecule is CCC(C)N(CC)C(C)C(C)C(=O)O. The highest BCUT2D eigenvalue weighted by Crippen LogP contribution is 2.15. The van der Waals surface area contributed by atoms with E-state index in [0.717, 1.165) is 13.0 Å². The third-order valence-corrected chi connectivity index (χ3v) is 3.16. The molecular formula is C11H23NO2. The molecule has 0 saturated heterocycles. The fourth-order valence-electron chi connectivity index (χ4n) is 1.73. The summed E-state index contributed by atoms with van der Waals surface area (Å²) >= 11 is 0. The van der Waals surface area contributed by atoms with E-state index in [2.05, 4.69) is 25.7 Å². The van der Waals surface area contributed by atoms with E-state index in [0.29, 0.717) is 6.04 Å². The van der Waals surface area contributed by atoms with Gasteiger partial charge in [-0.15, -0.1) is 0 Å². The zero-order valence-electron chi connectivity index (χ0n) is 9.95. The Morgan fingerprint density at radius 1 is 1.29 bits per heavy atom. The molecule has 0 fully saturated rings. The molecule has 0 saturated carbocycles. The number of hydrogen-bond acceptors (Lipinski definition) is 2. The van der Waals surface area contributed by atoms with Crippen LogP contribution in [0.5, 0.6) is 0 Å². The van der Waals surface area contributed by atoms with Crippen molar-refractivity contribution in [1.29, 1.82) is 0 Å². The minimum absolute atomic E-state index is 0.104. The van der Waals surface area contributed by atoms with Gasteiger partial charge in [0.15, 0.2) is 0 Å². The van der Waals surface area contributed by atoms with E-state index in [1.54, 1.807) is 6.92 Å². The highest BCUT2D eigenvalue weighted by atomic mass is 16.4. The van der Waals surface area contributed by atoms with Gasteiger partial charge >= 0.3 is 5.97 Å². The summed E-state index contributed by atoms with van der Waals surface area (Å²) < 4.78 is 0. The fraction of sp³-hybridized carbons (Fsp3) is 0.909. The van der Waals surface area contributed by atoms with E-state index in [9.17, 15) is 4.79 Å². The van der Waals surface area contributed by atoms with Crippen LogP contribution in [0.2, 0.25) is 0 Å². The highest BCUT2D eigenvalue weighted by Gasteiger charge is 2.26. The summed E-state index contributed by atoms with van der Waals surface area (Å²) in [5.41, 5.74) is 0. The first-order chi connectivity index (χ1) is 6.45. The molecule has 0 aromatic heterocycles. The van der Waals surface area contributed by atoms with Gasteiger partial charge in [-0.3, -0.25) is 9.69 Å². The van der Waals surface area contributed by atoms with Crippen molar-refractivity contribution in [3.63, 3.8) is 0 Å². The fourth-order valence-corrected chi connectivity index (χ4v) is 1.73. The van der Waals surface area contributed by atoms with Crippen LogP contribution in [0, 0.1) is 5.92 Å². The lowest BCUT2D eigenvalue weighted by molar-refractivity contribution is -0.143. The molecule has 0 amide bonds. The van der Waals surface area contributed by atoms with Crippen LogP contribution in [0.25, 0.3) is 0 Å². The van der Waals surface area contributed by atoms with Crippen molar-refractivity contribution in [2.24, 2.45) is 5.92 Å². The van der Waals surface area contributed by atoms with E-state index in [1.807, 2.05) is 6.92 Å². The number of rotatable bonds is 6. The third kappa shape index (κ3) is 3.29. The van der Waals surface area contributed by atoms with Crippen LogP contribution < -0.4 is 0 Å². The molecule has 84 valence electrons. The molecule has 0 aliphatic heterocycles. The van der Waals surface area contributed by atoms with Crippen molar-refractivity contribution in [3.05, 3.63) is 0 Å². The zero-order chi connectivity index (χ0) is 11.3. The van der Waals surface area contributed by atoms with Crippen LogP contribution >= 0.6 is 0 Å². The maximum Gasteiger partial charge on any atom is 0.307 e. The molecule has 0 radical (unpaired) electrons. The van der Waals surface area contributed by atoms with Crippen LogP contribution in [0.3, 0.4) is 0 Å². The van der Waals surface area contributed by atoms with E-state index in [1.165, 1.54) is 0 Å². The largest absolute Gasteiger partial charge is 0.481 e. The lowest BCUT2D eigenvalue weighted by Gasteiger charge is -2.35. The van der Waals surface area contributed by atoms with Gasteiger partial charge in [-0.05, 0) is 26.8 Å². The molecule has 0 aromatic rings. The predicted octanol–water partition coefficient (Wildman–Crippen LogP) is 2.22. The molecule has 3 nitrogen and oxygen atoms in total. The van der Waals surface area contributed by atoms with Gasteiger partial charge in [-0.25, -0.2) is 0 Å². The number of carboxylic acids is 1. The van der Waals surface area contributed by atoms with Crippen molar-refractivity contribution in [1.82, 2.24) is 4.90 Å². The Morgan fingerprint density at radius 3 is 2.07 bits per heavy atom. The van der Waals surface area contributed by atoms with Crippen LogP contribution in [0.1, 0.15) is 41.0 Å². The van der Waals surface area contributed by atoms with Crippen molar-refractivity contribution in [3.8, 4) is 0 Å². The quantitative estimate of drug-likeness (QED) is 0.716. The molecule has 3 heteroatoms. The molecule has 0 aromatic carbocycles. The summed E-state index contributed by atoms with van der Waals surface area (Å²) in [5.74, 6) is -1.01. The van der Waals surface area contributed by atoms with Gasteiger partial charge in [0.2, 0.25) is 0 Å². The maximum atomic E-state index is 10.8. The van der Waals surface area contributed by atoms with Gasteiger partial charge in [-0.2, -0.15) is 0 Å². The Labute approximate surface area is 87.1 Å². The van der Waals surface area contributed by atoms with E-state index in [4.69, 9.17) is 5.11 Å². The average Bonchev–Trinajstić information content (AvgIpc) is 2.16. The van der Waals surface area contributed by atoms with Gasteiger partial charge in [0.05, 0.1) is 5.92 Å². The molecule has 1 N–H and O–H groups in total. The third-order valence-electron chi connectivity index (χ3n) is 3.16. The molecule has 0 rings (SSSR count). The predicted molar refractivity (Wildman–Crippen MR) is 58.4 cm³/mol. The number of hydrogen-bond donors (Lipinski definition) is 1. The maximum absolute atomic E-state index is 10.8. The summed E-state index contributed by atoms with van der Waals surface area (Å²) in [6, 6.07) is 0.559. The van der Waals surface area contributed by atoms with Crippen molar-refractivity contribution in [2.45, 2.75) is 53.1 Å². The lowest BCUT2D eigenvalue weighted by atomic mass is 10.0. The summed E-state index contributed by atoms with van der Waals surface area (Å²) in [7, 11) is 0. The average molecular weight is 201 g/mol.